The second-order valence-corrected chi connectivity index (χ2v) is 7.85. The Morgan fingerprint density at radius 3 is 2.18 bits per heavy atom. The molecule has 0 unspecified atom stereocenters. The van der Waals surface area contributed by atoms with Crippen LogP contribution < -0.4 is 10.5 Å². The molecule has 1 aromatic heterocycles. The maximum Gasteiger partial charge on any atom is 0.416 e. The lowest BCUT2D eigenvalue weighted by molar-refractivity contribution is -0.134. The topological polar surface area (TPSA) is 93.7 Å². The van der Waals surface area contributed by atoms with E-state index in [1.807, 2.05) is 67.6 Å². The first kappa shape index (κ1) is 24.3. The van der Waals surface area contributed by atoms with Crippen molar-refractivity contribution in [1.82, 2.24) is 19.6 Å². The summed E-state index contributed by atoms with van der Waals surface area (Å²) in [6, 6.07) is 20.4. The molecule has 8 nitrogen and oxygen atoms in total. The number of aryl methyl sites for hydroxylation is 1. The van der Waals surface area contributed by atoms with E-state index in [0.717, 1.165) is 16.9 Å². The summed E-state index contributed by atoms with van der Waals surface area (Å²) in [7, 11) is 0. The highest BCUT2D eigenvalue weighted by Crippen LogP contribution is 2.20. The predicted molar refractivity (Wildman–Crippen MR) is 128 cm³/mol. The number of aromatic nitrogens is 2. The van der Waals surface area contributed by atoms with Crippen LogP contribution in [0, 0.1) is 6.92 Å². The van der Waals surface area contributed by atoms with Gasteiger partial charge in [-0.3, -0.25) is 4.79 Å². The third-order valence-electron chi connectivity index (χ3n) is 5.46. The van der Waals surface area contributed by atoms with Crippen molar-refractivity contribution in [1.29, 1.82) is 0 Å². The Hall–Kier alpha value is -3.36. The SMILES string of the molecule is Cc1cc(OC(=O)N2CCN(C(=O)[C@@H](N)Cc3ccccc3)CC2)n(-c2ccccc2)n1.Cl. The van der Waals surface area contributed by atoms with Gasteiger partial charge < -0.3 is 20.3 Å². The Morgan fingerprint density at radius 2 is 1.55 bits per heavy atom. The zero-order valence-corrected chi connectivity index (χ0v) is 19.3. The average molecular weight is 470 g/mol. The molecule has 2 heterocycles. The lowest BCUT2D eigenvalue weighted by Gasteiger charge is -2.35. The van der Waals surface area contributed by atoms with Crippen LogP contribution in [0.25, 0.3) is 5.69 Å². The van der Waals surface area contributed by atoms with E-state index in [4.69, 9.17) is 10.5 Å². The van der Waals surface area contributed by atoms with Crippen molar-refractivity contribution in [2.24, 2.45) is 5.73 Å². The number of amides is 2. The zero-order chi connectivity index (χ0) is 22.5. The summed E-state index contributed by atoms with van der Waals surface area (Å²) in [6.07, 6.45) is 0.0351. The van der Waals surface area contributed by atoms with Crippen LogP contribution in [0.1, 0.15) is 11.3 Å². The van der Waals surface area contributed by atoms with Gasteiger partial charge in [0.2, 0.25) is 11.8 Å². The van der Waals surface area contributed by atoms with Crippen LogP contribution in [0.3, 0.4) is 0 Å². The summed E-state index contributed by atoms with van der Waals surface area (Å²) in [5.74, 6) is 0.265. The third-order valence-corrected chi connectivity index (χ3v) is 5.46. The molecule has 2 N–H and O–H groups in total. The van der Waals surface area contributed by atoms with Gasteiger partial charge in [-0.25, -0.2) is 9.48 Å². The van der Waals surface area contributed by atoms with Gasteiger partial charge in [-0.05, 0) is 31.0 Å². The highest BCUT2D eigenvalue weighted by Gasteiger charge is 2.28. The Bertz CT molecular complexity index is 1070. The van der Waals surface area contributed by atoms with Gasteiger partial charge in [0, 0.05) is 32.2 Å². The normalized spacial score (nSPS) is 14.4. The van der Waals surface area contributed by atoms with Crippen molar-refractivity contribution in [3.63, 3.8) is 0 Å². The van der Waals surface area contributed by atoms with Crippen LogP contribution in [0.15, 0.2) is 66.7 Å². The van der Waals surface area contributed by atoms with E-state index in [9.17, 15) is 9.59 Å². The smallest absolute Gasteiger partial charge is 0.391 e. The van der Waals surface area contributed by atoms with Gasteiger partial charge in [-0.1, -0.05) is 48.5 Å². The standard InChI is InChI=1S/C24H27N5O3.ClH/c1-18-16-22(29(26-18)20-10-6-3-7-11-20)32-24(31)28-14-12-27(13-15-28)23(30)21(25)17-19-8-4-2-5-9-19;/h2-11,16,21H,12-15,17,25H2,1H3;1H/t21-;/m0./s1. The molecule has 2 aromatic carbocycles. The van der Waals surface area contributed by atoms with Crippen LogP contribution in [-0.4, -0.2) is 63.8 Å². The molecule has 0 radical (unpaired) electrons. The number of rotatable bonds is 5. The molecule has 0 spiro atoms. The first-order valence-corrected chi connectivity index (χ1v) is 10.7. The van der Waals surface area contributed by atoms with Crippen LogP contribution in [-0.2, 0) is 11.2 Å². The van der Waals surface area contributed by atoms with Crippen molar-refractivity contribution >= 4 is 24.4 Å². The van der Waals surface area contributed by atoms with E-state index in [1.54, 1.807) is 20.5 Å². The Balaban J connectivity index is 0.00000306. The fourth-order valence-electron chi connectivity index (χ4n) is 3.76. The fraction of sp³-hybridized carbons (Fsp3) is 0.292. The molecule has 174 valence electrons. The summed E-state index contributed by atoms with van der Waals surface area (Å²) in [6.45, 7) is 3.48. The first-order chi connectivity index (χ1) is 15.5. The highest BCUT2D eigenvalue weighted by atomic mass is 35.5. The molecule has 0 saturated carbocycles. The van der Waals surface area contributed by atoms with E-state index in [-0.39, 0.29) is 18.3 Å². The number of halogens is 1. The summed E-state index contributed by atoms with van der Waals surface area (Å²) in [5, 5.41) is 4.42. The maximum absolute atomic E-state index is 12.7. The molecular formula is C24H28ClN5O3. The Kier molecular flexibility index (Phi) is 8.08. The number of nitrogens with two attached hydrogens (primary N) is 1. The number of piperazine rings is 1. The quantitative estimate of drug-likeness (QED) is 0.620. The van der Waals surface area contributed by atoms with Crippen molar-refractivity contribution in [3.05, 3.63) is 78.0 Å². The average Bonchev–Trinajstić information content (AvgIpc) is 3.19. The second kappa shape index (κ2) is 11.0. The number of para-hydroxylation sites is 1. The van der Waals surface area contributed by atoms with Gasteiger partial charge in [-0.15, -0.1) is 12.4 Å². The minimum atomic E-state index is -0.598. The molecule has 1 aliphatic heterocycles. The molecule has 4 rings (SSSR count). The fourth-order valence-corrected chi connectivity index (χ4v) is 3.76. The molecule has 33 heavy (non-hydrogen) atoms. The lowest BCUT2D eigenvalue weighted by atomic mass is 10.1. The molecule has 1 saturated heterocycles. The molecular weight excluding hydrogens is 442 g/mol. The van der Waals surface area contributed by atoms with E-state index >= 15 is 0 Å². The van der Waals surface area contributed by atoms with Gasteiger partial charge in [0.15, 0.2) is 0 Å². The van der Waals surface area contributed by atoms with Gasteiger partial charge in [0.25, 0.3) is 0 Å². The molecule has 0 aliphatic carbocycles. The van der Waals surface area contributed by atoms with E-state index in [2.05, 4.69) is 5.10 Å². The maximum atomic E-state index is 12.7. The molecule has 9 heteroatoms. The van der Waals surface area contributed by atoms with Crippen molar-refractivity contribution in [2.75, 3.05) is 26.2 Å². The minimum absolute atomic E-state index is 0. The molecule has 1 atom stereocenters. The van der Waals surface area contributed by atoms with E-state index in [0.29, 0.717) is 38.5 Å². The molecule has 1 fully saturated rings. The van der Waals surface area contributed by atoms with E-state index in [1.165, 1.54) is 0 Å². The Labute approximate surface area is 199 Å². The van der Waals surface area contributed by atoms with Crippen molar-refractivity contribution in [2.45, 2.75) is 19.4 Å². The van der Waals surface area contributed by atoms with Crippen LogP contribution >= 0.6 is 12.4 Å². The van der Waals surface area contributed by atoms with Crippen LogP contribution in [0.5, 0.6) is 5.88 Å². The summed E-state index contributed by atoms with van der Waals surface area (Å²) < 4.78 is 7.25. The first-order valence-electron chi connectivity index (χ1n) is 10.7. The second-order valence-electron chi connectivity index (χ2n) is 7.85. The third kappa shape index (κ3) is 5.91. The predicted octanol–water partition coefficient (Wildman–Crippen LogP) is 2.82. The highest BCUT2D eigenvalue weighted by molar-refractivity contribution is 5.85. The number of carbonyl (C=O) groups excluding carboxylic acids is 2. The molecule has 1 aliphatic rings. The van der Waals surface area contributed by atoms with Gasteiger partial charge in [-0.2, -0.15) is 5.10 Å². The zero-order valence-electron chi connectivity index (χ0n) is 18.5. The number of hydrogen-bond acceptors (Lipinski definition) is 5. The van der Waals surface area contributed by atoms with Crippen molar-refractivity contribution < 1.29 is 14.3 Å². The summed E-state index contributed by atoms with van der Waals surface area (Å²) in [5.41, 5.74) is 8.73. The number of nitrogens with zero attached hydrogens (tertiary/aromatic N) is 4. The van der Waals surface area contributed by atoms with E-state index < -0.39 is 12.1 Å². The van der Waals surface area contributed by atoms with Gasteiger partial charge in [0.1, 0.15) is 0 Å². The molecule has 3 aromatic rings. The monoisotopic (exact) mass is 469 g/mol. The van der Waals surface area contributed by atoms with Crippen molar-refractivity contribution in [3.8, 4) is 11.6 Å². The summed E-state index contributed by atoms with van der Waals surface area (Å²) >= 11 is 0. The van der Waals surface area contributed by atoms with Crippen LogP contribution in [0.2, 0.25) is 0 Å². The Morgan fingerprint density at radius 1 is 0.970 bits per heavy atom. The number of carbonyl (C=O) groups is 2. The number of benzene rings is 2. The number of ether oxygens (including phenoxy) is 1. The molecule has 2 amide bonds. The number of hydrogen-bond donors (Lipinski definition) is 1. The molecule has 0 bridgehead atoms. The van der Waals surface area contributed by atoms with Gasteiger partial charge in [0.05, 0.1) is 17.4 Å². The lowest BCUT2D eigenvalue weighted by Crippen LogP contribution is -2.55. The summed E-state index contributed by atoms with van der Waals surface area (Å²) in [4.78, 5) is 28.8. The largest absolute Gasteiger partial charge is 0.416 e. The van der Waals surface area contributed by atoms with Gasteiger partial charge >= 0.3 is 6.09 Å². The van der Waals surface area contributed by atoms with Crippen LogP contribution in [0.4, 0.5) is 4.79 Å². The minimum Gasteiger partial charge on any atom is -0.391 e.